The number of benzene rings is 2. The minimum atomic E-state index is -0.946. The van der Waals surface area contributed by atoms with Crippen LogP contribution in [0, 0.1) is 11.8 Å². The number of alkyl halides is 2. The van der Waals surface area contributed by atoms with Crippen LogP contribution in [-0.2, 0) is 76.2 Å². The van der Waals surface area contributed by atoms with Crippen molar-refractivity contribution in [1.82, 2.24) is 0 Å². The fourth-order valence-electron chi connectivity index (χ4n) is 4.26. The molecule has 2 unspecified atom stereocenters. The molecule has 0 amide bonds. The number of rotatable bonds is 12. The van der Waals surface area contributed by atoms with Crippen LogP contribution in [0.3, 0.4) is 0 Å². The molecule has 0 N–H and O–H groups in total. The Morgan fingerprint density at radius 3 is 1.47 bits per heavy atom. The third kappa shape index (κ3) is 19.9. The van der Waals surface area contributed by atoms with Gasteiger partial charge in [-0.15, -0.1) is 0 Å². The number of halogens is 2. The van der Waals surface area contributed by atoms with Gasteiger partial charge in [0.25, 0.3) is 6.47 Å². The predicted molar refractivity (Wildman–Crippen MR) is 180 cm³/mol. The first kappa shape index (κ1) is 48.4. The Bertz CT molecular complexity index is 1280. The maximum absolute atomic E-state index is 12.6. The van der Waals surface area contributed by atoms with Gasteiger partial charge in [-0.1, -0.05) is 80.4 Å². The number of hydrogen-bond acceptors (Lipinski definition) is 12. The molecule has 1 aliphatic carbocycles. The summed E-state index contributed by atoms with van der Waals surface area (Å²) < 4.78 is 14.5. The Balaban J connectivity index is 0. The average molecular weight is 824 g/mol. The maximum atomic E-state index is 12.6. The minimum Gasteiger partial charge on any atom is -0.662 e. The molecule has 264 valence electrons. The standard InChI is InChI=1S/C17H20O5.C8H8Br2.C8H12O4.CH2O3.Na/c1-3-21-16(19)13-9-11-7-5-6-8-12(11)10-14(15(13)18)17(20)22-4-2;9-5-7-3-1-2-4-8(7)6-10;1-3-12-8(11)5-7(10)4-6(2)9;2-1-4-3;/h5-8,13-14H,3-4,9-10H2,1-2H3;1-4H,5-6H2;3-5H2,1-2H3;1,3H;/q;;;;+1/p-1. The summed E-state index contributed by atoms with van der Waals surface area (Å²) in [7, 11) is 0. The van der Waals surface area contributed by atoms with Gasteiger partial charge in [0.1, 0.15) is 24.0 Å². The smallest absolute Gasteiger partial charge is 0.662 e. The largest absolute Gasteiger partial charge is 1.00 e. The summed E-state index contributed by atoms with van der Waals surface area (Å²) in [6.07, 6.45) is 0.0553. The fraction of sp³-hybridized carbons (Fsp3) is 0.441. The molecule has 0 fully saturated rings. The van der Waals surface area contributed by atoms with E-state index in [4.69, 9.17) is 19.5 Å². The van der Waals surface area contributed by atoms with Crippen LogP contribution < -0.4 is 34.8 Å². The number of carbonyl (C=O) groups is 7. The molecule has 0 radical (unpaired) electrons. The molecule has 3 rings (SSSR count). The van der Waals surface area contributed by atoms with Crippen molar-refractivity contribution in [3.63, 3.8) is 0 Å². The molecule has 15 heteroatoms. The second-order valence-corrected chi connectivity index (χ2v) is 10.9. The van der Waals surface area contributed by atoms with Crippen molar-refractivity contribution < 1.29 is 87.5 Å². The first-order valence-electron chi connectivity index (χ1n) is 15.0. The number of carbonyl (C=O) groups excluding carboxylic acids is 7. The molecule has 0 saturated carbocycles. The fourth-order valence-corrected chi connectivity index (χ4v) is 5.35. The van der Waals surface area contributed by atoms with Crippen LogP contribution in [0.4, 0.5) is 0 Å². The van der Waals surface area contributed by atoms with Crippen molar-refractivity contribution in [3.05, 3.63) is 70.8 Å². The molecule has 2 aromatic carbocycles. The summed E-state index contributed by atoms with van der Waals surface area (Å²) in [5.74, 6) is -4.63. The van der Waals surface area contributed by atoms with Crippen LogP contribution in [0.15, 0.2) is 48.5 Å². The second kappa shape index (κ2) is 29.0. The zero-order valence-electron chi connectivity index (χ0n) is 28.4. The van der Waals surface area contributed by atoms with Crippen molar-refractivity contribution in [1.29, 1.82) is 0 Å². The van der Waals surface area contributed by atoms with Gasteiger partial charge in [0.2, 0.25) is 0 Å². The quantitative estimate of drug-likeness (QED) is 0.0344. The van der Waals surface area contributed by atoms with E-state index >= 15 is 0 Å². The Morgan fingerprint density at radius 2 is 1.14 bits per heavy atom. The van der Waals surface area contributed by atoms with Crippen molar-refractivity contribution in [2.75, 3.05) is 19.8 Å². The second-order valence-electron chi connectivity index (χ2n) is 9.82. The molecule has 0 aromatic heterocycles. The number of fused-ring (bicyclic) bond motifs is 1. The molecule has 0 spiro atoms. The molecular formula is C34H41Br2NaO12. The van der Waals surface area contributed by atoms with E-state index in [1.807, 2.05) is 24.3 Å². The van der Waals surface area contributed by atoms with Crippen molar-refractivity contribution in [2.24, 2.45) is 11.8 Å². The Kier molecular flexibility index (Phi) is 28.6. The van der Waals surface area contributed by atoms with E-state index in [0.29, 0.717) is 0 Å². The van der Waals surface area contributed by atoms with E-state index in [2.05, 4.69) is 65.7 Å². The van der Waals surface area contributed by atoms with Gasteiger partial charge in [-0.05, 0) is 62.8 Å². The van der Waals surface area contributed by atoms with Gasteiger partial charge in [-0.25, -0.2) is 0 Å². The first-order chi connectivity index (χ1) is 22.9. The molecule has 1 aliphatic rings. The minimum absolute atomic E-state index is 0. The molecule has 12 nitrogen and oxygen atoms in total. The van der Waals surface area contributed by atoms with Crippen molar-refractivity contribution in [3.8, 4) is 0 Å². The van der Waals surface area contributed by atoms with Gasteiger partial charge < -0.3 is 24.4 Å². The number of ketones is 3. The molecule has 49 heavy (non-hydrogen) atoms. The Hall–Kier alpha value is -2.75. The van der Waals surface area contributed by atoms with E-state index in [9.17, 15) is 28.8 Å². The van der Waals surface area contributed by atoms with Gasteiger partial charge in [-0.3, -0.25) is 33.6 Å². The Morgan fingerprint density at radius 1 is 0.755 bits per heavy atom. The summed E-state index contributed by atoms with van der Waals surface area (Å²) >= 11 is 6.86. The molecular weight excluding hydrogens is 783 g/mol. The molecule has 0 saturated heterocycles. The number of ether oxygens (including phenoxy) is 3. The monoisotopic (exact) mass is 822 g/mol. The Labute approximate surface area is 325 Å². The summed E-state index contributed by atoms with van der Waals surface area (Å²) in [5, 5.41) is 10.3. The van der Waals surface area contributed by atoms with Gasteiger partial charge in [-0.2, -0.15) is 0 Å². The maximum Gasteiger partial charge on any atom is 1.00 e. The molecule has 0 heterocycles. The van der Waals surface area contributed by atoms with Crippen LogP contribution in [0.5, 0.6) is 0 Å². The van der Waals surface area contributed by atoms with E-state index in [1.165, 1.54) is 18.1 Å². The molecule has 2 aromatic rings. The molecule has 2 atom stereocenters. The van der Waals surface area contributed by atoms with E-state index in [-0.39, 0.29) is 93.1 Å². The van der Waals surface area contributed by atoms with Gasteiger partial charge in [0.05, 0.1) is 26.2 Å². The van der Waals surface area contributed by atoms with Gasteiger partial charge >= 0.3 is 47.5 Å². The predicted octanol–water partition coefficient (Wildman–Crippen LogP) is 1.12. The van der Waals surface area contributed by atoms with Crippen molar-refractivity contribution >= 4 is 73.6 Å². The molecule has 0 aliphatic heterocycles. The molecule has 0 bridgehead atoms. The average Bonchev–Trinajstić information content (AvgIpc) is 3.21. The van der Waals surface area contributed by atoms with Gasteiger partial charge in [0.15, 0.2) is 11.6 Å². The van der Waals surface area contributed by atoms with Crippen LogP contribution in [0.25, 0.3) is 0 Å². The number of Topliss-reactive ketones (excluding diaryl/α,β-unsaturated/α-hetero) is 3. The summed E-state index contributed by atoms with van der Waals surface area (Å²) in [6, 6.07) is 15.8. The first-order valence-corrected chi connectivity index (χ1v) is 17.2. The summed E-state index contributed by atoms with van der Waals surface area (Å²) in [6.45, 7) is 6.83. The van der Waals surface area contributed by atoms with Crippen LogP contribution >= 0.6 is 31.9 Å². The number of hydrogen-bond donors (Lipinski definition) is 0. The number of esters is 3. The van der Waals surface area contributed by atoms with Crippen LogP contribution in [-0.4, -0.2) is 61.6 Å². The van der Waals surface area contributed by atoms with Crippen LogP contribution in [0.1, 0.15) is 62.8 Å². The zero-order valence-corrected chi connectivity index (χ0v) is 33.5. The van der Waals surface area contributed by atoms with Crippen molar-refractivity contribution in [2.45, 2.75) is 64.0 Å². The third-order valence-corrected chi connectivity index (χ3v) is 7.54. The third-order valence-electron chi connectivity index (χ3n) is 6.33. The normalized spacial score (nSPS) is 14.0. The van der Waals surface area contributed by atoms with Crippen LogP contribution in [0.2, 0.25) is 0 Å². The zero-order chi connectivity index (χ0) is 36.5. The topological polar surface area (TPSA) is 179 Å². The van der Waals surface area contributed by atoms with E-state index in [1.54, 1.807) is 20.8 Å². The van der Waals surface area contributed by atoms with E-state index < -0.39 is 35.5 Å². The van der Waals surface area contributed by atoms with E-state index in [0.717, 1.165) is 21.8 Å². The summed E-state index contributed by atoms with van der Waals surface area (Å²) in [5.41, 5.74) is 4.53. The van der Waals surface area contributed by atoms with Gasteiger partial charge in [0, 0.05) is 10.7 Å². The summed E-state index contributed by atoms with van der Waals surface area (Å²) in [4.78, 5) is 80.0. The SMILES string of the molecule is BrCc1ccccc1CBr.CCOC(=O)C1Cc2ccccc2CC(C(=O)OCC)C1=O.CCOC(=O)CC(=O)CC(C)=O.O=CO[O-].[Na+].